The molecule has 1 aliphatic rings. The summed E-state index contributed by atoms with van der Waals surface area (Å²) < 4.78 is 0. The number of rotatable bonds is 5. The molecule has 1 atom stereocenters. The van der Waals surface area contributed by atoms with Gasteiger partial charge >= 0.3 is 6.03 Å². The molecule has 0 radical (unpaired) electrons. The van der Waals surface area contributed by atoms with E-state index in [1.54, 1.807) is 11.9 Å². The molecule has 0 heterocycles. The molecule has 110 valence electrons. The quantitative estimate of drug-likeness (QED) is 0.869. The third kappa shape index (κ3) is 3.51. The third-order valence-electron chi connectivity index (χ3n) is 3.95. The molecule has 2 N–H and O–H groups in total. The molecular formula is C16H24N2O2. The van der Waals surface area contributed by atoms with E-state index in [1.165, 1.54) is 0 Å². The summed E-state index contributed by atoms with van der Waals surface area (Å²) in [6.07, 6.45) is 2.64. The molecule has 0 bridgehead atoms. The van der Waals surface area contributed by atoms with Crippen LogP contribution < -0.4 is 5.32 Å². The number of nitrogens with one attached hydrogen (secondary N) is 1. The van der Waals surface area contributed by atoms with Gasteiger partial charge in [-0.15, -0.1) is 0 Å². The maximum atomic E-state index is 12.2. The van der Waals surface area contributed by atoms with E-state index in [4.69, 9.17) is 0 Å². The molecule has 1 unspecified atom stereocenters. The Hall–Kier alpha value is -1.55. The smallest absolute Gasteiger partial charge is 0.321 e. The summed E-state index contributed by atoms with van der Waals surface area (Å²) >= 11 is 0. The maximum absolute atomic E-state index is 12.2. The first-order chi connectivity index (χ1) is 9.52. The van der Waals surface area contributed by atoms with E-state index in [9.17, 15) is 9.90 Å². The van der Waals surface area contributed by atoms with Crippen LogP contribution in [0.15, 0.2) is 18.2 Å². The van der Waals surface area contributed by atoms with Gasteiger partial charge in [-0.1, -0.05) is 25.1 Å². The number of anilines is 1. The van der Waals surface area contributed by atoms with Gasteiger partial charge in [-0.3, -0.25) is 0 Å². The van der Waals surface area contributed by atoms with E-state index in [0.717, 1.165) is 36.1 Å². The van der Waals surface area contributed by atoms with E-state index in [-0.39, 0.29) is 6.03 Å². The van der Waals surface area contributed by atoms with E-state index in [2.05, 4.69) is 12.2 Å². The summed E-state index contributed by atoms with van der Waals surface area (Å²) in [7, 11) is 1.73. The molecule has 1 aromatic rings. The number of aliphatic hydroxyl groups excluding tert-OH is 1. The number of aliphatic hydroxyl groups is 1. The van der Waals surface area contributed by atoms with Gasteiger partial charge in [-0.05, 0) is 43.2 Å². The first kappa shape index (κ1) is 14.9. The average Bonchev–Trinajstić information content (AvgIpc) is 3.25. The summed E-state index contributed by atoms with van der Waals surface area (Å²) in [5, 5.41) is 12.9. The van der Waals surface area contributed by atoms with Gasteiger partial charge in [0.1, 0.15) is 0 Å². The van der Waals surface area contributed by atoms with E-state index in [0.29, 0.717) is 12.5 Å². The van der Waals surface area contributed by atoms with Crippen molar-refractivity contribution in [1.29, 1.82) is 0 Å². The molecular weight excluding hydrogens is 252 g/mol. The van der Waals surface area contributed by atoms with Crippen molar-refractivity contribution in [1.82, 2.24) is 4.90 Å². The lowest BCUT2D eigenvalue weighted by atomic mass is 10.1. The van der Waals surface area contributed by atoms with Crippen LogP contribution >= 0.6 is 0 Å². The minimum absolute atomic E-state index is 0.159. The van der Waals surface area contributed by atoms with E-state index >= 15 is 0 Å². The lowest BCUT2D eigenvalue weighted by Gasteiger charge is -2.22. The van der Waals surface area contributed by atoms with E-state index in [1.807, 2.05) is 25.1 Å². The zero-order valence-electron chi connectivity index (χ0n) is 12.5. The average molecular weight is 276 g/mol. The number of carbonyl (C=O) groups excluding carboxylic acids is 1. The van der Waals surface area contributed by atoms with Crippen molar-refractivity contribution in [2.75, 3.05) is 18.9 Å². The second-order valence-corrected chi connectivity index (χ2v) is 5.68. The zero-order valence-corrected chi connectivity index (χ0v) is 12.5. The van der Waals surface area contributed by atoms with Gasteiger partial charge in [-0.2, -0.15) is 0 Å². The molecule has 0 aromatic heterocycles. The van der Waals surface area contributed by atoms with Crippen LogP contribution in [-0.4, -0.2) is 35.7 Å². The first-order valence-electron chi connectivity index (χ1n) is 7.31. The Labute approximate surface area is 120 Å². The Morgan fingerprint density at radius 3 is 2.80 bits per heavy atom. The van der Waals surface area contributed by atoms with Gasteiger partial charge in [0.05, 0.1) is 6.10 Å². The van der Waals surface area contributed by atoms with Gasteiger partial charge < -0.3 is 15.3 Å². The summed E-state index contributed by atoms with van der Waals surface area (Å²) in [4.78, 5) is 13.8. The predicted molar refractivity (Wildman–Crippen MR) is 80.9 cm³/mol. The van der Waals surface area contributed by atoms with Gasteiger partial charge in [0.15, 0.2) is 0 Å². The Morgan fingerprint density at radius 2 is 2.20 bits per heavy atom. The number of benzene rings is 1. The lowest BCUT2D eigenvalue weighted by molar-refractivity contribution is 0.117. The zero-order chi connectivity index (χ0) is 14.7. The standard InChI is InChI=1S/C16H24N2O2/c1-4-12-7-5-6-11(2)15(12)17-16(20)18(3)10-14(19)13-8-9-13/h5-7,13-14,19H,4,8-10H2,1-3H3,(H,17,20). The Kier molecular flexibility index (Phi) is 4.65. The number of urea groups is 1. The summed E-state index contributed by atoms with van der Waals surface area (Å²) in [6.45, 7) is 4.46. The fourth-order valence-corrected chi connectivity index (χ4v) is 2.40. The fourth-order valence-electron chi connectivity index (χ4n) is 2.40. The van der Waals surface area contributed by atoms with Crippen LogP contribution in [0.4, 0.5) is 10.5 Å². The summed E-state index contributed by atoms with van der Waals surface area (Å²) in [6, 6.07) is 5.87. The molecule has 2 amide bonds. The molecule has 0 saturated heterocycles. The molecule has 1 aromatic carbocycles. The second kappa shape index (κ2) is 6.27. The Balaban J connectivity index is 1.99. The highest BCUT2D eigenvalue weighted by atomic mass is 16.3. The third-order valence-corrected chi connectivity index (χ3v) is 3.95. The molecule has 0 aliphatic heterocycles. The minimum Gasteiger partial charge on any atom is -0.391 e. The number of likely N-dealkylation sites (N-methyl/N-ethyl adjacent to an activating group) is 1. The molecule has 0 spiro atoms. The Bertz CT molecular complexity index is 483. The summed E-state index contributed by atoms with van der Waals surface area (Å²) in [5.41, 5.74) is 3.09. The van der Waals surface area contributed by atoms with Gasteiger partial charge in [0, 0.05) is 19.3 Å². The van der Waals surface area contributed by atoms with Crippen LogP contribution in [0.25, 0.3) is 0 Å². The van der Waals surface area contributed by atoms with Crippen molar-refractivity contribution in [2.45, 2.75) is 39.2 Å². The van der Waals surface area contributed by atoms with Crippen molar-refractivity contribution < 1.29 is 9.90 Å². The van der Waals surface area contributed by atoms with E-state index < -0.39 is 6.10 Å². The molecule has 1 aliphatic carbocycles. The van der Waals surface area contributed by atoms with Crippen molar-refractivity contribution in [2.24, 2.45) is 5.92 Å². The second-order valence-electron chi connectivity index (χ2n) is 5.68. The van der Waals surface area contributed by atoms with Crippen LogP contribution in [0.2, 0.25) is 0 Å². The normalized spacial score (nSPS) is 15.8. The largest absolute Gasteiger partial charge is 0.391 e. The highest BCUT2D eigenvalue weighted by Gasteiger charge is 2.31. The van der Waals surface area contributed by atoms with Crippen molar-refractivity contribution in [3.63, 3.8) is 0 Å². The maximum Gasteiger partial charge on any atom is 0.321 e. The van der Waals surface area contributed by atoms with Crippen LogP contribution in [0.5, 0.6) is 0 Å². The highest BCUT2D eigenvalue weighted by molar-refractivity contribution is 5.91. The van der Waals surface area contributed by atoms with Crippen LogP contribution in [-0.2, 0) is 6.42 Å². The topological polar surface area (TPSA) is 52.6 Å². The molecule has 1 saturated carbocycles. The number of aryl methyl sites for hydroxylation is 2. The number of hydrogen-bond acceptors (Lipinski definition) is 2. The lowest BCUT2D eigenvalue weighted by Crippen LogP contribution is -2.38. The first-order valence-corrected chi connectivity index (χ1v) is 7.31. The van der Waals surface area contributed by atoms with Crippen molar-refractivity contribution >= 4 is 11.7 Å². The molecule has 2 rings (SSSR count). The number of para-hydroxylation sites is 1. The van der Waals surface area contributed by atoms with Crippen molar-refractivity contribution in [3.05, 3.63) is 29.3 Å². The SMILES string of the molecule is CCc1cccc(C)c1NC(=O)N(C)CC(O)C1CC1. The fraction of sp³-hybridized carbons (Fsp3) is 0.562. The van der Waals surface area contributed by atoms with Crippen molar-refractivity contribution in [3.8, 4) is 0 Å². The molecule has 4 heteroatoms. The van der Waals surface area contributed by atoms with Gasteiger partial charge in [0.2, 0.25) is 0 Å². The van der Waals surface area contributed by atoms with Gasteiger partial charge in [-0.25, -0.2) is 4.79 Å². The molecule has 1 fully saturated rings. The number of hydrogen-bond donors (Lipinski definition) is 2. The predicted octanol–water partition coefficient (Wildman–Crippen LogP) is 2.79. The molecule has 4 nitrogen and oxygen atoms in total. The van der Waals surface area contributed by atoms with Crippen LogP contribution in [0.1, 0.15) is 30.9 Å². The highest BCUT2D eigenvalue weighted by Crippen LogP contribution is 2.32. The number of amides is 2. The molecule has 20 heavy (non-hydrogen) atoms. The monoisotopic (exact) mass is 276 g/mol. The number of nitrogens with zero attached hydrogens (tertiary/aromatic N) is 1. The summed E-state index contributed by atoms with van der Waals surface area (Å²) in [5.74, 6) is 0.384. The number of carbonyl (C=O) groups is 1. The van der Waals surface area contributed by atoms with Gasteiger partial charge in [0.25, 0.3) is 0 Å². The minimum atomic E-state index is -0.395. The van der Waals surface area contributed by atoms with Crippen LogP contribution in [0, 0.1) is 12.8 Å². The Morgan fingerprint density at radius 1 is 1.50 bits per heavy atom. The van der Waals surface area contributed by atoms with Crippen LogP contribution in [0.3, 0.4) is 0 Å².